The van der Waals surface area contributed by atoms with Gasteiger partial charge in [-0.15, -0.1) is 11.3 Å². The fourth-order valence-corrected chi connectivity index (χ4v) is 7.37. The summed E-state index contributed by atoms with van der Waals surface area (Å²) in [5.41, 5.74) is 3.60. The van der Waals surface area contributed by atoms with Crippen LogP contribution in [0.1, 0.15) is 53.6 Å². The zero-order valence-corrected chi connectivity index (χ0v) is 25.0. The predicted molar refractivity (Wildman–Crippen MR) is 159 cm³/mol. The SMILES string of the molecule is CC(C)(C)[C@@H]1CCc2c(sc(N=Cc3cc(I)c(O)c(I)c3)c2C(=O)Nc2ccc(Cl)cc2)C1. The molecule has 0 saturated heterocycles. The molecule has 2 N–H and O–H groups in total. The van der Waals surface area contributed by atoms with E-state index in [1.165, 1.54) is 4.88 Å². The zero-order valence-electron chi connectivity index (χ0n) is 19.1. The van der Waals surface area contributed by atoms with Crippen LogP contribution < -0.4 is 5.32 Å². The highest BCUT2D eigenvalue weighted by Gasteiger charge is 2.33. The maximum Gasteiger partial charge on any atom is 0.259 e. The highest BCUT2D eigenvalue weighted by Crippen LogP contribution is 2.45. The molecule has 34 heavy (non-hydrogen) atoms. The predicted octanol–water partition coefficient (Wildman–Crippen LogP) is 8.47. The average Bonchev–Trinajstić information content (AvgIpc) is 3.14. The van der Waals surface area contributed by atoms with E-state index in [-0.39, 0.29) is 17.1 Å². The lowest BCUT2D eigenvalue weighted by atomic mass is 9.72. The first-order valence-electron chi connectivity index (χ1n) is 11.0. The molecule has 0 bridgehead atoms. The summed E-state index contributed by atoms with van der Waals surface area (Å²) < 4.78 is 1.54. The van der Waals surface area contributed by atoms with Crippen LogP contribution >= 0.6 is 68.1 Å². The first-order chi connectivity index (χ1) is 16.0. The Hall–Kier alpha value is -1.17. The molecule has 4 rings (SSSR count). The van der Waals surface area contributed by atoms with Crippen molar-refractivity contribution in [2.75, 3.05) is 5.32 Å². The highest BCUT2D eigenvalue weighted by atomic mass is 127. The van der Waals surface area contributed by atoms with Crippen molar-refractivity contribution < 1.29 is 9.90 Å². The normalized spacial score (nSPS) is 16.0. The molecule has 4 nitrogen and oxygen atoms in total. The molecule has 3 aromatic rings. The number of fused-ring (bicyclic) bond motifs is 1. The van der Waals surface area contributed by atoms with Gasteiger partial charge >= 0.3 is 0 Å². The van der Waals surface area contributed by atoms with Crippen molar-refractivity contribution in [3.05, 3.63) is 70.1 Å². The van der Waals surface area contributed by atoms with Crippen molar-refractivity contribution in [2.45, 2.75) is 40.0 Å². The summed E-state index contributed by atoms with van der Waals surface area (Å²) in [4.78, 5) is 19.5. The van der Waals surface area contributed by atoms with Gasteiger partial charge in [0, 0.05) is 21.8 Å². The van der Waals surface area contributed by atoms with E-state index >= 15 is 0 Å². The fourth-order valence-electron chi connectivity index (χ4n) is 4.16. The Morgan fingerprint density at radius 3 is 2.47 bits per heavy atom. The maximum atomic E-state index is 13.4. The molecular formula is C26H25ClI2N2O2S. The van der Waals surface area contributed by atoms with Crippen molar-refractivity contribution >= 4 is 90.9 Å². The van der Waals surface area contributed by atoms with Crippen LogP contribution in [0.25, 0.3) is 0 Å². The average molecular weight is 719 g/mol. The summed E-state index contributed by atoms with van der Waals surface area (Å²) in [5, 5.41) is 14.5. The summed E-state index contributed by atoms with van der Waals surface area (Å²) in [5.74, 6) is 0.708. The quantitative estimate of drug-likeness (QED) is 0.210. The minimum Gasteiger partial charge on any atom is -0.506 e. The summed E-state index contributed by atoms with van der Waals surface area (Å²) in [7, 11) is 0. The molecule has 0 saturated carbocycles. The van der Waals surface area contributed by atoms with E-state index < -0.39 is 0 Å². The van der Waals surface area contributed by atoms with Crippen LogP contribution in [0.3, 0.4) is 0 Å². The van der Waals surface area contributed by atoms with E-state index in [2.05, 4.69) is 71.3 Å². The molecule has 0 unspecified atom stereocenters. The summed E-state index contributed by atoms with van der Waals surface area (Å²) in [6.07, 6.45) is 4.68. The van der Waals surface area contributed by atoms with E-state index in [4.69, 9.17) is 16.6 Å². The number of nitrogens with zero attached hydrogens (tertiary/aromatic N) is 1. The Balaban J connectivity index is 1.72. The molecule has 1 aliphatic carbocycles. The molecule has 8 heteroatoms. The Bertz CT molecular complexity index is 1240. The Morgan fingerprint density at radius 1 is 1.21 bits per heavy atom. The van der Waals surface area contributed by atoms with Gasteiger partial charge in [0.1, 0.15) is 10.8 Å². The lowest BCUT2D eigenvalue weighted by Gasteiger charge is -2.33. The number of aliphatic imine (C=N–C) groups is 1. The number of rotatable bonds is 4. The van der Waals surface area contributed by atoms with Crippen LogP contribution in [-0.2, 0) is 12.8 Å². The van der Waals surface area contributed by atoms with Gasteiger partial charge in [-0.1, -0.05) is 32.4 Å². The molecule has 1 aromatic heterocycles. The van der Waals surface area contributed by atoms with Crippen molar-refractivity contribution in [1.29, 1.82) is 0 Å². The van der Waals surface area contributed by atoms with Gasteiger partial charge in [-0.3, -0.25) is 4.79 Å². The zero-order chi connectivity index (χ0) is 24.6. The highest BCUT2D eigenvalue weighted by molar-refractivity contribution is 14.1. The number of benzene rings is 2. The van der Waals surface area contributed by atoms with Crippen molar-refractivity contribution in [2.24, 2.45) is 16.3 Å². The van der Waals surface area contributed by atoms with Crippen molar-refractivity contribution in [3.8, 4) is 5.75 Å². The number of halogens is 3. The molecule has 1 aliphatic rings. The molecule has 0 aliphatic heterocycles. The van der Waals surface area contributed by atoms with Crippen LogP contribution in [0.5, 0.6) is 5.75 Å². The van der Waals surface area contributed by atoms with Crippen LogP contribution in [0.15, 0.2) is 41.4 Å². The summed E-state index contributed by atoms with van der Waals surface area (Å²) >= 11 is 11.9. The minimum absolute atomic E-state index is 0.143. The third-order valence-corrected chi connectivity index (χ3v) is 9.23. The lowest BCUT2D eigenvalue weighted by Crippen LogP contribution is -2.27. The summed E-state index contributed by atoms with van der Waals surface area (Å²) in [6, 6.07) is 10.9. The van der Waals surface area contributed by atoms with Gasteiger partial charge in [0.25, 0.3) is 5.91 Å². The molecule has 1 heterocycles. The van der Waals surface area contributed by atoms with Gasteiger partial charge in [0.05, 0.1) is 12.7 Å². The summed E-state index contributed by atoms with van der Waals surface area (Å²) in [6.45, 7) is 6.87. The first kappa shape index (κ1) is 25.9. The van der Waals surface area contributed by atoms with E-state index in [1.54, 1.807) is 41.8 Å². The molecule has 2 aromatic carbocycles. The van der Waals surface area contributed by atoms with E-state index in [0.717, 1.165) is 42.5 Å². The van der Waals surface area contributed by atoms with Gasteiger partial charge in [0.2, 0.25) is 0 Å². The molecule has 0 spiro atoms. The number of phenolic OH excluding ortho intramolecular Hbond substituents is 1. The second kappa shape index (κ2) is 10.4. The monoisotopic (exact) mass is 718 g/mol. The number of nitrogens with one attached hydrogen (secondary N) is 1. The molecule has 1 atom stereocenters. The number of carbonyl (C=O) groups is 1. The van der Waals surface area contributed by atoms with Crippen molar-refractivity contribution in [3.63, 3.8) is 0 Å². The fraction of sp³-hybridized carbons (Fsp3) is 0.308. The van der Waals surface area contributed by atoms with Crippen LogP contribution in [0, 0.1) is 18.5 Å². The number of hydrogen-bond donors (Lipinski definition) is 2. The smallest absolute Gasteiger partial charge is 0.259 e. The van der Waals surface area contributed by atoms with Gasteiger partial charge < -0.3 is 10.4 Å². The third-order valence-electron chi connectivity index (χ3n) is 6.17. The third kappa shape index (κ3) is 5.79. The molecule has 1 amide bonds. The van der Waals surface area contributed by atoms with Crippen LogP contribution in [0.4, 0.5) is 10.7 Å². The number of carbonyl (C=O) groups excluding carboxylic acids is 1. The van der Waals surface area contributed by atoms with Gasteiger partial charge in [-0.2, -0.15) is 0 Å². The van der Waals surface area contributed by atoms with Gasteiger partial charge in [-0.25, -0.2) is 4.99 Å². The minimum atomic E-state index is -0.143. The van der Waals surface area contributed by atoms with Crippen LogP contribution in [0.2, 0.25) is 5.02 Å². The maximum absolute atomic E-state index is 13.4. The number of anilines is 1. The largest absolute Gasteiger partial charge is 0.506 e. The van der Waals surface area contributed by atoms with Gasteiger partial charge in [0.15, 0.2) is 0 Å². The second-order valence-corrected chi connectivity index (χ2v) is 13.4. The second-order valence-electron chi connectivity index (χ2n) is 9.54. The number of phenols is 1. The molecule has 178 valence electrons. The topological polar surface area (TPSA) is 61.7 Å². The standard InChI is InChI=1S/C26H25ClI2N2O2S/c1-26(2,3)15-4-9-18-21(12-15)34-25(30-13-14-10-19(28)23(32)20(29)11-14)22(18)24(33)31-17-7-5-16(27)6-8-17/h5-8,10-11,13,15,32H,4,9,12H2,1-3H3,(H,31,33)/t15-/m1/s1. The number of aromatic hydroxyl groups is 1. The number of amides is 1. The number of hydrogen-bond acceptors (Lipinski definition) is 4. The lowest BCUT2D eigenvalue weighted by molar-refractivity contribution is 0.102. The van der Waals surface area contributed by atoms with Crippen molar-refractivity contribution in [1.82, 2.24) is 0 Å². The Morgan fingerprint density at radius 2 is 1.85 bits per heavy atom. The van der Waals surface area contributed by atoms with E-state index in [0.29, 0.717) is 22.2 Å². The Kier molecular flexibility index (Phi) is 7.96. The molecular weight excluding hydrogens is 694 g/mol. The van der Waals surface area contributed by atoms with Crippen LogP contribution in [-0.4, -0.2) is 17.2 Å². The molecule has 0 fully saturated rings. The first-order valence-corrected chi connectivity index (χ1v) is 14.3. The van der Waals surface area contributed by atoms with E-state index in [9.17, 15) is 9.90 Å². The van der Waals surface area contributed by atoms with E-state index in [1.807, 2.05) is 12.1 Å². The molecule has 0 radical (unpaired) electrons. The van der Waals surface area contributed by atoms with Gasteiger partial charge in [-0.05, 0) is 123 Å². The Labute approximate surface area is 236 Å². The number of thiophene rings is 1.